The fourth-order valence-corrected chi connectivity index (χ4v) is 4.49. The van der Waals surface area contributed by atoms with E-state index in [0.717, 1.165) is 0 Å². The number of rotatable bonds is 6. The van der Waals surface area contributed by atoms with Gasteiger partial charge in [0.25, 0.3) is 5.91 Å². The molecular weight excluding hydrogens is 346 g/mol. The van der Waals surface area contributed by atoms with Gasteiger partial charge in [-0.25, -0.2) is 18.2 Å². The molecule has 2 atom stereocenters. The Kier molecular flexibility index (Phi) is 6.10. The van der Waals surface area contributed by atoms with Crippen LogP contribution in [0.1, 0.15) is 42.9 Å². The third kappa shape index (κ3) is 4.97. The van der Waals surface area contributed by atoms with E-state index in [-0.39, 0.29) is 29.3 Å². The van der Waals surface area contributed by atoms with Crippen molar-refractivity contribution in [2.24, 2.45) is 0 Å². The summed E-state index contributed by atoms with van der Waals surface area (Å²) in [5, 5.41) is 0. The number of hydrogen-bond donors (Lipinski definition) is 0. The minimum atomic E-state index is -3.11. The van der Waals surface area contributed by atoms with E-state index in [9.17, 15) is 18.0 Å². The van der Waals surface area contributed by atoms with Crippen LogP contribution >= 0.6 is 0 Å². The highest BCUT2D eigenvalue weighted by atomic mass is 32.2. The van der Waals surface area contributed by atoms with Crippen LogP contribution in [0.3, 0.4) is 0 Å². The largest absolute Gasteiger partial charge is 0.451 e. The number of ether oxygens (including phenoxy) is 1. The molecule has 1 aromatic rings. The smallest absolute Gasteiger partial charge is 0.359 e. The number of aryl methyl sites for hydroxylation is 1. The number of nitrogens with zero attached hydrogens (tertiary/aromatic N) is 3. The fraction of sp³-hybridized carbons (Fsp3) is 0.625. The lowest BCUT2D eigenvalue weighted by molar-refractivity contribution is -0.138. The predicted octanol–water partition coefficient (Wildman–Crippen LogP) is 0.756. The maximum absolute atomic E-state index is 12.5. The first-order valence-electron chi connectivity index (χ1n) is 8.21. The molecule has 0 aliphatic carbocycles. The van der Waals surface area contributed by atoms with Gasteiger partial charge in [-0.05, 0) is 26.7 Å². The van der Waals surface area contributed by atoms with Gasteiger partial charge in [0, 0.05) is 18.3 Å². The summed E-state index contributed by atoms with van der Waals surface area (Å²) in [6.45, 7) is 5.07. The first kappa shape index (κ1) is 19.3. The van der Waals surface area contributed by atoms with Crippen LogP contribution < -0.4 is 0 Å². The summed E-state index contributed by atoms with van der Waals surface area (Å²) in [7, 11) is -3.11. The SMILES string of the molecule is CC[C@H](C)N(C(=O)COC(=O)c1cnc(C)cn1)[C@@H]1CCS(=O)(=O)C1. The highest BCUT2D eigenvalue weighted by Gasteiger charge is 2.36. The number of carbonyl (C=O) groups excluding carboxylic acids is 2. The van der Waals surface area contributed by atoms with Gasteiger partial charge in [0.05, 0.1) is 23.4 Å². The molecule has 2 rings (SSSR count). The van der Waals surface area contributed by atoms with Crippen LogP contribution in [-0.2, 0) is 19.4 Å². The number of hydrogen-bond acceptors (Lipinski definition) is 7. The van der Waals surface area contributed by atoms with Crippen molar-refractivity contribution in [1.29, 1.82) is 0 Å². The van der Waals surface area contributed by atoms with E-state index in [2.05, 4.69) is 9.97 Å². The maximum atomic E-state index is 12.5. The number of amides is 1. The molecule has 1 fully saturated rings. The molecule has 1 amide bonds. The van der Waals surface area contributed by atoms with Crippen molar-refractivity contribution in [2.45, 2.75) is 45.7 Å². The highest BCUT2D eigenvalue weighted by Crippen LogP contribution is 2.21. The summed E-state index contributed by atoms with van der Waals surface area (Å²) >= 11 is 0. The normalized spacial score (nSPS) is 20.0. The van der Waals surface area contributed by atoms with Gasteiger partial charge in [-0.15, -0.1) is 0 Å². The molecule has 0 saturated carbocycles. The Morgan fingerprint density at radius 1 is 1.36 bits per heavy atom. The maximum Gasteiger partial charge on any atom is 0.359 e. The van der Waals surface area contributed by atoms with Crippen molar-refractivity contribution >= 4 is 21.7 Å². The number of sulfone groups is 1. The van der Waals surface area contributed by atoms with Gasteiger partial charge in [0.2, 0.25) is 0 Å². The zero-order valence-electron chi connectivity index (χ0n) is 14.6. The van der Waals surface area contributed by atoms with Crippen LogP contribution in [0.2, 0.25) is 0 Å². The summed E-state index contributed by atoms with van der Waals surface area (Å²) in [6.07, 6.45) is 3.82. The molecule has 2 heterocycles. The average Bonchev–Trinajstić information content (AvgIpc) is 2.92. The zero-order chi connectivity index (χ0) is 18.6. The van der Waals surface area contributed by atoms with Crippen molar-refractivity contribution in [1.82, 2.24) is 14.9 Å². The molecular formula is C16H23N3O5S. The first-order chi connectivity index (χ1) is 11.7. The minimum absolute atomic E-state index is 0.0249. The van der Waals surface area contributed by atoms with Gasteiger partial charge in [-0.3, -0.25) is 9.78 Å². The second-order valence-electron chi connectivity index (χ2n) is 6.23. The molecule has 1 saturated heterocycles. The molecule has 138 valence electrons. The van der Waals surface area contributed by atoms with Crippen LogP contribution in [0, 0.1) is 6.92 Å². The number of carbonyl (C=O) groups is 2. The summed E-state index contributed by atoms with van der Waals surface area (Å²) in [4.78, 5) is 33.9. The second-order valence-corrected chi connectivity index (χ2v) is 8.46. The summed E-state index contributed by atoms with van der Waals surface area (Å²) in [5.74, 6) is -1.09. The van der Waals surface area contributed by atoms with Crippen LogP contribution in [-0.4, -0.2) is 65.4 Å². The molecule has 0 unspecified atom stereocenters. The molecule has 1 aliphatic heterocycles. The molecule has 25 heavy (non-hydrogen) atoms. The van der Waals surface area contributed by atoms with Crippen molar-refractivity contribution in [3.05, 3.63) is 23.8 Å². The topological polar surface area (TPSA) is 107 Å². The number of esters is 1. The van der Waals surface area contributed by atoms with E-state index in [1.165, 1.54) is 12.4 Å². The molecule has 0 radical (unpaired) electrons. The Hall–Kier alpha value is -2.03. The standard InChI is InChI=1S/C16H23N3O5S/c1-4-12(3)19(13-5-6-25(22,23)10-13)15(20)9-24-16(21)14-8-17-11(2)7-18-14/h7-8,12-13H,4-6,9-10H2,1-3H3/t12-,13+/m0/s1. The van der Waals surface area contributed by atoms with Crippen molar-refractivity contribution in [2.75, 3.05) is 18.1 Å². The monoisotopic (exact) mass is 369 g/mol. The molecule has 0 aromatic carbocycles. The van der Waals surface area contributed by atoms with E-state index >= 15 is 0 Å². The quantitative estimate of drug-likeness (QED) is 0.681. The molecule has 9 heteroatoms. The third-order valence-electron chi connectivity index (χ3n) is 4.27. The van der Waals surface area contributed by atoms with Gasteiger partial charge >= 0.3 is 5.97 Å². The van der Waals surface area contributed by atoms with E-state index in [1.54, 1.807) is 11.8 Å². The van der Waals surface area contributed by atoms with Gasteiger partial charge in [0.1, 0.15) is 0 Å². The lowest BCUT2D eigenvalue weighted by Crippen LogP contribution is -2.48. The van der Waals surface area contributed by atoms with E-state index in [1.807, 2.05) is 13.8 Å². The molecule has 0 N–H and O–H groups in total. The van der Waals surface area contributed by atoms with Crippen LogP contribution in [0.4, 0.5) is 0 Å². The number of aromatic nitrogens is 2. The Labute approximate surface area is 147 Å². The summed E-state index contributed by atoms with van der Waals surface area (Å²) in [6, 6.07) is -0.506. The van der Waals surface area contributed by atoms with Gasteiger partial charge in [0.15, 0.2) is 22.1 Å². The first-order valence-corrected chi connectivity index (χ1v) is 10.0. The molecule has 0 spiro atoms. The molecule has 0 bridgehead atoms. The summed E-state index contributed by atoms with van der Waals surface area (Å²) < 4.78 is 28.5. The van der Waals surface area contributed by atoms with Crippen molar-refractivity contribution in [3.8, 4) is 0 Å². The minimum Gasteiger partial charge on any atom is -0.451 e. The molecule has 8 nitrogen and oxygen atoms in total. The third-order valence-corrected chi connectivity index (χ3v) is 6.02. The van der Waals surface area contributed by atoms with Crippen molar-refractivity contribution in [3.63, 3.8) is 0 Å². The highest BCUT2D eigenvalue weighted by molar-refractivity contribution is 7.91. The van der Waals surface area contributed by atoms with Gasteiger partial charge < -0.3 is 9.64 Å². The average molecular weight is 369 g/mol. The van der Waals surface area contributed by atoms with Crippen molar-refractivity contribution < 1.29 is 22.7 Å². The van der Waals surface area contributed by atoms with Crippen LogP contribution in [0.25, 0.3) is 0 Å². The molecule has 1 aliphatic rings. The van der Waals surface area contributed by atoms with Crippen LogP contribution in [0.15, 0.2) is 12.4 Å². The Morgan fingerprint density at radius 2 is 2.08 bits per heavy atom. The Bertz CT molecular complexity index is 733. The van der Waals surface area contributed by atoms with Crippen LogP contribution in [0.5, 0.6) is 0 Å². The van der Waals surface area contributed by atoms with E-state index in [4.69, 9.17) is 4.74 Å². The predicted molar refractivity (Wildman–Crippen MR) is 90.7 cm³/mol. The summed E-state index contributed by atoms with van der Waals surface area (Å²) in [5.41, 5.74) is 0.690. The zero-order valence-corrected chi connectivity index (χ0v) is 15.5. The van der Waals surface area contributed by atoms with Gasteiger partial charge in [-0.1, -0.05) is 6.92 Å². The Balaban J connectivity index is 2.02. The fourth-order valence-electron chi connectivity index (χ4n) is 2.77. The lowest BCUT2D eigenvalue weighted by atomic mass is 10.1. The van der Waals surface area contributed by atoms with E-state index in [0.29, 0.717) is 18.5 Å². The van der Waals surface area contributed by atoms with E-state index < -0.39 is 28.3 Å². The Morgan fingerprint density at radius 3 is 2.60 bits per heavy atom. The second kappa shape index (κ2) is 7.90. The molecule has 1 aromatic heterocycles. The lowest BCUT2D eigenvalue weighted by Gasteiger charge is -2.33. The van der Waals surface area contributed by atoms with Gasteiger partial charge in [-0.2, -0.15) is 0 Å².